The lowest BCUT2D eigenvalue weighted by atomic mass is 10.2. The van der Waals surface area contributed by atoms with Gasteiger partial charge in [0.15, 0.2) is 0 Å². The Hall–Kier alpha value is -0.410. The van der Waals surface area contributed by atoms with Gasteiger partial charge < -0.3 is 5.32 Å². The zero-order valence-corrected chi connectivity index (χ0v) is 11.4. The number of rotatable bonds is 6. The molecule has 1 fully saturated rings. The Morgan fingerprint density at radius 3 is 2.75 bits per heavy atom. The van der Waals surface area contributed by atoms with E-state index in [1.54, 1.807) is 0 Å². The second kappa shape index (κ2) is 5.28. The van der Waals surface area contributed by atoms with Gasteiger partial charge in [-0.25, -0.2) is 4.98 Å². The second-order valence-corrected chi connectivity index (χ2v) is 6.10. The third-order valence-electron chi connectivity index (χ3n) is 2.90. The van der Waals surface area contributed by atoms with Crippen molar-refractivity contribution >= 4 is 11.3 Å². The minimum Gasteiger partial charge on any atom is -0.309 e. The number of nitrogens with one attached hydrogen (secondary N) is 1. The van der Waals surface area contributed by atoms with Crippen LogP contribution in [0.15, 0.2) is 0 Å². The SMILES string of the molecule is CCCc1nc(C(C)C)sc1CNC1CC1. The normalized spacial score (nSPS) is 16.0. The van der Waals surface area contributed by atoms with Crippen molar-refractivity contribution in [2.75, 3.05) is 0 Å². The second-order valence-electron chi connectivity index (χ2n) is 4.98. The molecule has 0 spiro atoms. The molecule has 0 radical (unpaired) electrons. The number of aryl methyl sites for hydroxylation is 1. The molecule has 1 aliphatic carbocycles. The molecule has 0 bridgehead atoms. The van der Waals surface area contributed by atoms with E-state index in [1.165, 1.54) is 34.8 Å². The van der Waals surface area contributed by atoms with Gasteiger partial charge in [0.2, 0.25) is 0 Å². The minimum atomic E-state index is 0.565. The van der Waals surface area contributed by atoms with E-state index in [0.717, 1.165) is 19.0 Å². The Balaban J connectivity index is 2.05. The molecule has 2 nitrogen and oxygen atoms in total. The molecule has 0 aromatic carbocycles. The summed E-state index contributed by atoms with van der Waals surface area (Å²) in [6.07, 6.45) is 5.04. The highest BCUT2D eigenvalue weighted by molar-refractivity contribution is 7.11. The van der Waals surface area contributed by atoms with Gasteiger partial charge in [0.1, 0.15) is 0 Å². The largest absolute Gasteiger partial charge is 0.309 e. The molecule has 0 unspecified atom stereocenters. The summed E-state index contributed by atoms with van der Waals surface area (Å²) in [6, 6.07) is 0.791. The summed E-state index contributed by atoms with van der Waals surface area (Å²) in [5, 5.41) is 4.90. The molecular weight excluding hydrogens is 216 g/mol. The van der Waals surface area contributed by atoms with Crippen molar-refractivity contribution in [1.29, 1.82) is 0 Å². The predicted molar refractivity (Wildman–Crippen MR) is 70.1 cm³/mol. The average Bonchev–Trinajstić information content (AvgIpc) is 2.98. The van der Waals surface area contributed by atoms with E-state index in [4.69, 9.17) is 4.98 Å². The van der Waals surface area contributed by atoms with Crippen LogP contribution in [0.4, 0.5) is 0 Å². The maximum Gasteiger partial charge on any atom is 0.0957 e. The predicted octanol–water partition coefficient (Wildman–Crippen LogP) is 3.47. The lowest BCUT2D eigenvalue weighted by Gasteiger charge is -2.01. The van der Waals surface area contributed by atoms with Crippen LogP contribution in [0.3, 0.4) is 0 Å². The van der Waals surface area contributed by atoms with Crippen LogP contribution in [0, 0.1) is 0 Å². The molecule has 90 valence electrons. The first-order chi connectivity index (χ1) is 7.70. The highest BCUT2D eigenvalue weighted by Crippen LogP contribution is 2.27. The molecule has 1 aromatic heterocycles. The van der Waals surface area contributed by atoms with Gasteiger partial charge in [0.25, 0.3) is 0 Å². The summed E-state index contributed by atoms with van der Waals surface area (Å²) >= 11 is 1.90. The van der Waals surface area contributed by atoms with Gasteiger partial charge in [-0.1, -0.05) is 27.2 Å². The first-order valence-corrected chi connectivity index (χ1v) is 7.24. The van der Waals surface area contributed by atoms with Crippen LogP contribution in [-0.2, 0) is 13.0 Å². The van der Waals surface area contributed by atoms with Crippen LogP contribution in [0.1, 0.15) is 61.5 Å². The molecule has 3 heteroatoms. The van der Waals surface area contributed by atoms with Crippen molar-refractivity contribution in [2.24, 2.45) is 0 Å². The van der Waals surface area contributed by atoms with Gasteiger partial charge >= 0.3 is 0 Å². The van der Waals surface area contributed by atoms with Gasteiger partial charge in [-0.05, 0) is 19.3 Å². The van der Waals surface area contributed by atoms with Crippen molar-refractivity contribution in [1.82, 2.24) is 10.3 Å². The Kier molecular flexibility index (Phi) is 3.98. The topological polar surface area (TPSA) is 24.9 Å². The number of thiazole rings is 1. The maximum absolute atomic E-state index is 4.78. The first-order valence-electron chi connectivity index (χ1n) is 6.42. The third kappa shape index (κ3) is 3.05. The summed E-state index contributed by atoms with van der Waals surface area (Å²) in [4.78, 5) is 6.25. The Labute approximate surface area is 102 Å². The molecule has 2 rings (SSSR count). The molecule has 0 saturated heterocycles. The van der Waals surface area contributed by atoms with Crippen molar-refractivity contribution in [2.45, 2.75) is 65.0 Å². The van der Waals surface area contributed by atoms with E-state index in [2.05, 4.69) is 26.1 Å². The molecule has 0 atom stereocenters. The van der Waals surface area contributed by atoms with Crippen molar-refractivity contribution < 1.29 is 0 Å². The van der Waals surface area contributed by atoms with E-state index in [-0.39, 0.29) is 0 Å². The number of hydrogen-bond acceptors (Lipinski definition) is 3. The lowest BCUT2D eigenvalue weighted by molar-refractivity contribution is 0.686. The summed E-state index contributed by atoms with van der Waals surface area (Å²) in [5.74, 6) is 0.565. The van der Waals surface area contributed by atoms with E-state index in [1.807, 2.05) is 11.3 Å². The van der Waals surface area contributed by atoms with Crippen LogP contribution in [-0.4, -0.2) is 11.0 Å². The van der Waals surface area contributed by atoms with Crippen LogP contribution < -0.4 is 5.32 Å². The fourth-order valence-corrected chi connectivity index (χ4v) is 2.81. The van der Waals surface area contributed by atoms with Crippen molar-refractivity contribution in [3.63, 3.8) is 0 Å². The summed E-state index contributed by atoms with van der Waals surface area (Å²) in [5.41, 5.74) is 1.34. The first kappa shape index (κ1) is 12.1. The molecule has 0 amide bonds. The molecular formula is C13H22N2S. The van der Waals surface area contributed by atoms with Crippen LogP contribution in [0.2, 0.25) is 0 Å². The Morgan fingerprint density at radius 2 is 2.19 bits per heavy atom. The van der Waals surface area contributed by atoms with Crippen LogP contribution in [0.5, 0.6) is 0 Å². The van der Waals surface area contributed by atoms with Crippen molar-refractivity contribution in [3.05, 3.63) is 15.6 Å². The van der Waals surface area contributed by atoms with Crippen LogP contribution >= 0.6 is 11.3 Å². The standard InChI is InChI=1S/C13H22N2S/c1-4-5-11-12(8-14-10-6-7-10)16-13(15-11)9(2)3/h9-10,14H,4-8H2,1-3H3. The number of hydrogen-bond donors (Lipinski definition) is 1. The highest BCUT2D eigenvalue weighted by Gasteiger charge is 2.21. The fourth-order valence-electron chi connectivity index (χ4n) is 1.74. The monoisotopic (exact) mass is 238 g/mol. The van der Waals surface area contributed by atoms with Gasteiger partial charge in [-0.2, -0.15) is 0 Å². The minimum absolute atomic E-state index is 0.565. The number of aromatic nitrogens is 1. The maximum atomic E-state index is 4.78. The van der Waals surface area contributed by atoms with Crippen molar-refractivity contribution in [3.8, 4) is 0 Å². The smallest absolute Gasteiger partial charge is 0.0957 e. The number of nitrogens with zero attached hydrogens (tertiary/aromatic N) is 1. The van der Waals surface area contributed by atoms with E-state index in [0.29, 0.717) is 5.92 Å². The summed E-state index contributed by atoms with van der Waals surface area (Å²) in [6.45, 7) is 7.72. The lowest BCUT2D eigenvalue weighted by Crippen LogP contribution is -2.15. The molecule has 1 N–H and O–H groups in total. The molecule has 1 aliphatic rings. The third-order valence-corrected chi connectivity index (χ3v) is 4.30. The zero-order valence-electron chi connectivity index (χ0n) is 10.5. The molecule has 1 heterocycles. The highest BCUT2D eigenvalue weighted by atomic mass is 32.1. The van der Waals surface area contributed by atoms with Gasteiger partial charge in [-0.3, -0.25) is 0 Å². The van der Waals surface area contributed by atoms with Gasteiger partial charge in [0, 0.05) is 23.4 Å². The molecule has 1 saturated carbocycles. The Bertz CT molecular complexity index is 340. The summed E-state index contributed by atoms with van der Waals surface area (Å²) in [7, 11) is 0. The zero-order chi connectivity index (χ0) is 11.5. The molecule has 16 heavy (non-hydrogen) atoms. The van der Waals surface area contributed by atoms with Gasteiger partial charge in [-0.15, -0.1) is 11.3 Å². The Morgan fingerprint density at radius 1 is 1.44 bits per heavy atom. The van der Waals surface area contributed by atoms with E-state index in [9.17, 15) is 0 Å². The quantitative estimate of drug-likeness (QED) is 0.821. The fraction of sp³-hybridized carbons (Fsp3) is 0.769. The van der Waals surface area contributed by atoms with E-state index >= 15 is 0 Å². The van der Waals surface area contributed by atoms with E-state index < -0.39 is 0 Å². The summed E-state index contributed by atoms with van der Waals surface area (Å²) < 4.78 is 0. The molecule has 1 aromatic rings. The van der Waals surface area contributed by atoms with Crippen LogP contribution in [0.25, 0.3) is 0 Å². The molecule has 0 aliphatic heterocycles. The van der Waals surface area contributed by atoms with Gasteiger partial charge in [0.05, 0.1) is 10.7 Å². The average molecular weight is 238 g/mol.